The molecule has 2 rings (SSSR count). The van der Waals surface area contributed by atoms with Crippen LogP contribution in [0.25, 0.3) is 0 Å². The van der Waals surface area contributed by atoms with Crippen LogP contribution in [0.5, 0.6) is 0 Å². The first-order valence-corrected chi connectivity index (χ1v) is 6.60. The Morgan fingerprint density at radius 1 is 1.10 bits per heavy atom. The van der Waals surface area contributed by atoms with E-state index in [1.165, 1.54) is 0 Å². The Balaban J connectivity index is 2.08. The summed E-state index contributed by atoms with van der Waals surface area (Å²) in [7, 11) is 0. The number of nitrogen functional groups attached to an aromatic ring is 1. The molecule has 4 N–H and O–H groups in total. The molecular formula is C14H13Cl2N3O. The molecule has 6 heteroatoms. The van der Waals surface area contributed by atoms with E-state index < -0.39 is 0 Å². The molecule has 0 saturated carbocycles. The van der Waals surface area contributed by atoms with Gasteiger partial charge in [-0.25, -0.2) is 4.79 Å². The summed E-state index contributed by atoms with van der Waals surface area (Å²) >= 11 is 11.7. The Kier molecular flexibility index (Phi) is 4.37. The second-order valence-electron chi connectivity index (χ2n) is 4.27. The van der Waals surface area contributed by atoms with Crippen LogP contribution in [0.3, 0.4) is 0 Å². The highest BCUT2D eigenvalue weighted by Crippen LogP contribution is 2.26. The Hall–Kier alpha value is -1.91. The van der Waals surface area contributed by atoms with E-state index >= 15 is 0 Å². The number of aryl methyl sites for hydroxylation is 1. The van der Waals surface area contributed by atoms with Crippen LogP contribution in [0.1, 0.15) is 5.56 Å². The Bertz CT molecular complexity index is 642. The lowest BCUT2D eigenvalue weighted by molar-refractivity contribution is 0.262. The molecule has 0 bridgehead atoms. The average molecular weight is 310 g/mol. The third kappa shape index (κ3) is 3.56. The SMILES string of the molecule is Cc1cc(N)c(Cl)cc1NC(=O)Nc1ccc(Cl)cc1. The molecule has 104 valence electrons. The maximum absolute atomic E-state index is 11.9. The van der Waals surface area contributed by atoms with Gasteiger partial charge in [0.1, 0.15) is 0 Å². The Morgan fingerprint density at radius 2 is 1.75 bits per heavy atom. The number of nitrogens with two attached hydrogens (primary N) is 1. The summed E-state index contributed by atoms with van der Waals surface area (Å²) in [4.78, 5) is 11.9. The number of halogens is 2. The molecule has 0 saturated heterocycles. The average Bonchev–Trinajstić information content (AvgIpc) is 2.39. The fraction of sp³-hybridized carbons (Fsp3) is 0.0714. The first kappa shape index (κ1) is 14.5. The Labute approximate surface area is 126 Å². The predicted octanol–water partition coefficient (Wildman–Crippen LogP) is 4.53. The molecule has 0 spiro atoms. The minimum Gasteiger partial charge on any atom is -0.398 e. The van der Waals surface area contributed by atoms with Crippen molar-refractivity contribution in [3.8, 4) is 0 Å². The molecule has 4 nitrogen and oxygen atoms in total. The number of nitrogens with one attached hydrogen (secondary N) is 2. The van der Waals surface area contributed by atoms with Crippen molar-refractivity contribution in [2.45, 2.75) is 6.92 Å². The van der Waals surface area contributed by atoms with E-state index in [2.05, 4.69) is 10.6 Å². The zero-order valence-electron chi connectivity index (χ0n) is 10.7. The molecule has 20 heavy (non-hydrogen) atoms. The number of carbonyl (C=O) groups excluding carboxylic acids is 1. The first-order chi connectivity index (χ1) is 9.45. The molecule has 2 aromatic rings. The lowest BCUT2D eigenvalue weighted by atomic mass is 10.2. The smallest absolute Gasteiger partial charge is 0.323 e. The van der Waals surface area contributed by atoms with Crippen molar-refractivity contribution >= 4 is 46.3 Å². The van der Waals surface area contributed by atoms with Gasteiger partial charge in [0, 0.05) is 16.4 Å². The Morgan fingerprint density at radius 3 is 2.40 bits per heavy atom. The lowest BCUT2D eigenvalue weighted by Gasteiger charge is -2.11. The largest absolute Gasteiger partial charge is 0.398 e. The second-order valence-corrected chi connectivity index (χ2v) is 5.12. The van der Waals surface area contributed by atoms with Gasteiger partial charge in [-0.15, -0.1) is 0 Å². The molecule has 0 aliphatic heterocycles. The zero-order valence-corrected chi connectivity index (χ0v) is 12.2. The molecule has 2 amide bonds. The van der Waals surface area contributed by atoms with Gasteiger partial charge in [-0.05, 0) is 48.9 Å². The maximum atomic E-state index is 11.9. The summed E-state index contributed by atoms with van der Waals surface area (Å²) < 4.78 is 0. The van der Waals surface area contributed by atoms with Crippen LogP contribution in [-0.2, 0) is 0 Å². The van der Waals surface area contributed by atoms with Crippen molar-refractivity contribution in [1.82, 2.24) is 0 Å². The fourth-order valence-electron chi connectivity index (χ4n) is 1.66. The van der Waals surface area contributed by atoms with Crippen molar-refractivity contribution in [3.63, 3.8) is 0 Å². The monoisotopic (exact) mass is 309 g/mol. The number of hydrogen-bond donors (Lipinski definition) is 3. The molecule has 0 unspecified atom stereocenters. The van der Waals surface area contributed by atoms with Crippen LogP contribution in [0.15, 0.2) is 36.4 Å². The normalized spacial score (nSPS) is 10.2. The molecule has 0 radical (unpaired) electrons. The van der Waals surface area contributed by atoms with Crippen molar-refractivity contribution in [3.05, 3.63) is 52.0 Å². The van der Waals surface area contributed by atoms with E-state index in [4.69, 9.17) is 28.9 Å². The van der Waals surface area contributed by atoms with Gasteiger partial charge in [-0.3, -0.25) is 0 Å². The van der Waals surface area contributed by atoms with E-state index in [0.29, 0.717) is 27.1 Å². The highest BCUT2D eigenvalue weighted by Gasteiger charge is 2.07. The van der Waals surface area contributed by atoms with Gasteiger partial charge < -0.3 is 16.4 Å². The van der Waals surface area contributed by atoms with E-state index in [1.807, 2.05) is 6.92 Å². The van der Waals surface area contributed by atoms with E-state index in [1.54, 1.807) is 36.4 Å². The minimum atomic E-state index is -0.365. The van der Waals surface area contributed by atoms with Gasteiger partial charge in [0.2, 0.25) is 0 Å². The maximum Gasteiger partial charge on any atom is 0.323 e. The van der Waals surface area contributed by atoms with Crippen LogP contribution in [-0.4, -0.2) is 6.03 Å². The van der Waals surface area contributed by atoms with Gasteiger partial charge in [0.15, 0.2) is 0 Å². The third-order valence-electron chi connectivity index (χ3n) is 2.69. The fourth-order valence-corrected chi connectivity index (χ4v) is 1.95. The lowest BCUT2D eigenvalue weighted by Crippen LogP contribution is -2.20. The minimum absolute atomic E-state index is 0.365. The summed E-state index contributed by atoms with van der Waals surface area (Å²) in [5.41, 5.74) is 8.25. The number of rotatable bonds is 2. The van der Waals surface area contributed by atoms with Gasteiger partial charge >= 0.3 is 6.03 Å². The standard InChI is InChI=1S/C14H13Cl2N3O/c1-8-6-12(17)11(16)7-13(8)19-14(20)18-10-4-2-9(15)3-5-10/h2-7H,17H2,1H3,(H2,18,19,20). The number of amides is 2. The molecular weight excluding hydrogens is 297 g/mol. The summed E-state index contributed by atoms with van der Waals surface area (Å²) in [6.07, 6.45) is 0. The predicted molar refractivity (Wildman–Crippen MR) is 84.7 cm³/mol. The van der Waals surface area contributed by atoms with E-state index in [-0.39, 0.29) is 6.03 Å². The van der Waals surface area contributed by atoms with E-state index in [9.17, 15) is 4.79 Å². The van der Waals surface area contributed by atoms with Crippen LogP contribution in [0, 0.1) is 6.92 Å². The van der Waals surface area contributed by atoms with E-state index in [0.717, 1.165) is 5.56 Å². The summed E-state index contributed by atoms with van der Waals surface area (Å²) in [5.74, 6) is 0. The summed E-state index contributed by atoms with van der Waals surface area (Å²) in [6, 6.07) is 9.78. The zero-order chi connectivity index (χ0) is 14.7. The number of benzene rings is 2. The van der Waals surface area contributed by atoms with Crippen LogP contribution in [0.4, 0.5) is 21.9 Å². The van der Waals surface area contributed by atoms with Crippen molar-refractivity contribution < 1.29 is 4.79 Å². The van der Waals surface area contributed by atoms with Crippen LogP contribution < -0.4 is 16.4 Å². The third-order valence-corrected chi connectivity index (χ3v) is 3.27. The van der Waals surface area contributed by atoms with Gasteiger partial charge in [0.25, 0.3) is 0 Å². The highest BCUT2D eigenvalue weighted by molar-refractivity contribution is 6.33. The summed E-state index contributed by atoms with van der Waals surface area (Å²) in [5, 5.41) is 6.42. The van der Waals surface area contributed by atoms with Crippen molar-refractivity contribution in [2.75, 3.05) is 16.4 Å². The van der Waals surface area contributed by atoms with Crippen LogP contribution in [0.2, 0.25) is 10.0 Å². The highest BCUT2D eigenvalue weighted by atomic mass is 35.5. The molecule has 0 heterocycles. The topological polar surface area (TPSA) is 67.1 Å². The number of hydrogen-bond acceptors (Lipinski definition) is 2. The van der Waals surface area contributed by atoms with Gasteiger partial charge in [-0.2, -0.15) is 0 Å². The number of carbonyl (C=O) groups is 1. The molecule has 0 aromatic heterocycles. The van der Waals surface area contributed by atoms with Gasteiger partial charge in [0.05, 0.1) is 10.7 Å². The van der Waals surface area contributed by atoms with Crippen LogP contribution >= 0.6 is 23.2 Å². The quantitative estimate of drug-likeness (QED) is 0.713. The number of anilines is 3. The molecule has 0 fully saturated rings. The molecule has 0 aliphatic rings. The van der Waals surface area contributed by atoms with Crippen molar-refractivity contribution in [2.24, 2.45) is 0 Å². The van der Waals surface area contributed by atoms with Gasteiger partial charge in [-0.1, -0.05) is 23.2 Å². The second kappa shape index (κ2) is 6.03. The molecule has 0 aliphatic carbocycles. The number of urea groups is 1. The van der Waals surface area contributed by atoms with Crippen molar-refractivity contribution in [1.29, 1.82) is 0 Å². The summed E-state index contributed by atoms with van der Waals surface area (Å²) in [6.45, 7) is 1.84. The first-order valence-electron chi connectivity index (χ1n) is 5.85. The molecule has 2 aromatic carbocycles. The molecule has 0 atom stereocenters.